The van der Waals surface area contributed by atoms with Gasteiger partial charge in [0.15, 0.2) is 0 Å². The Bertz CT molecular complexity index is 1680. The molecular weight excluding hydrogens is 523 g/mol. The zero-order chi connectivity index (χ0) is 25.6. The van der Waals surface area contributed by atoms with E-state index in [4.69, 9.17) is 11.6 Å². The SMILES string of the molecule is Cc1ccc(S(=O)(=O)n2cc(/C=C3\SC(=O)N(Cc4ccc(F)cc4Cl)C3=O)c3ccccc32)cc1. The molecular formula is C26H18ClFN2O4S2. The lowest BCUT2D eigenvalue weighted by atomic mass is 10.1. The molecule has 182 valence electrons. The summed E-state index contributed by atoms with van der Waals surface area (Å²) in [4.78, 5) is 27.0. The van der Waals surface area contributed by atoms with Gasteiger partial charge in [-0.15, -0.1) is 0 Å². The summed E-state index contributed by atoms with van der Waals surface area (Å²) in [7, 11) is -3.91. The van der Waals surface area contributed by atoms with E-state index in [-0.39, 0.29) is 21.4 Å². The quantitative estimate of drug-likeness (QED) is 0.281. The van der Waals surface area contributed by atoms with Gasteiger partial charge in [-0.25, -0.2) is 16.8 Å². The van der Waals surface area contributed by atoms with Crippen LogP contribution in [-0.4, -0.2) is 28.4 Å². The number of benzene rings is 3. The maximum Gasteiger partial charge on any atom is 0.293 e. The van der Waals surface area contributed by atoms with Crippen molar-refractivity contribution in [3.05, 3.63) is 105 Å². The van der Waals surface area contributed by atoms with E-state index in [1.165, 1.54) is 28.4 Å². The number of aromatic nitrogens is 1. The van der Waals surface area contributed by atoms with Crippen LogP contribution in [0.1, 0.15) is 16.7 Å². The maximum atomic E-state index is 13.4. The number of hydrogen-bond donors (Lipinski definition) is 0. The molecule has 10 heteroatoms. The van der Waals surface area contributed by atoms with Crippen LogP contribution in [0.25, 0.3) is 17.0 Å². The first-order valence-electron chi connectivity index (χ1n) is 10.8. The molecule has 1 aliphatic rings. The van der Waals surface area contributed by atoms with E-state index in [1.54, 1.807) is 48.5 Å². The van der Waals surface area contributed by atoms with Gasteiger partial charge < -0.3 is 0 Å². The van der Waals surface area contributed by atoms with Crippen LogP contribution in [0.15, 0.2) is 82.7 Å². The largest absolute Gasteiger partial charge is 0.293 e. The number of fused-ring (bicyclic) bond motifs is 1. The highest BCUT2D eigenvalue weighted by atomic mass is 35.5. The molecule has 0 bridgehead atoms. The summed E-state index contributed by atoms with van der Waals surface area (Å²) in [5.74, 6) is -1.06. The van der Waals surface area contributed by atoms with Crippen LogP contribution < -0.4 is 0 Å². The van der Waals surface area contributed by atoms with E-state index in [0.29, 0.717) is 22.0 Å². The summed E-state index contributed by atoms with van der Waals surface area (Å²) in [5.41, 5.74) is 2.29. The Labute approximate surface area is 216 Å². The Morgan fingerprint density at radius 3 is 2.47 bits per heavy atom. The number of halogens is 2. The van der Waals surface area contributed by atoms with Crippen molar-refractivity contribution >= 4 is 61.5 Å². The molecule has 36 heavy (non-hydrogen) atoms. The molecule has 6 nitrogen and oxygen atoms in total. The van der Waals surface area contributed by atoms with Gasteiger partial charge in [0, 0.05) is 22.2 Å². The predicted molar refractivity (Wildman–Crippen MR) is 139 cm³/mol. The van der Waals surface area contributed by atoms with Gasteiger partial charge in [0.05, 0.1) is 21.9 Å². The molecule has 0 aliphatic carbocycles. The van der Waals surface area contributed by atoms with Crippen molar-refractivity contribution < 1.29 is 22.4 Å². The van der Waals surface area contributed by atoms with Crippen LogP contribution >= 0.6 is 23.4 Å². The minimum Gasteiger partial charge on any atom is -0.268 e. The van der Waals surface area contributed by atoms with Gasteiger partial charge >= 0.3 is 0 Å². The second-order valence-corrected chi connectivity index (χ2v) is 11.4. The van der Waals surface area contributed by atoms with Crippen LogP contribution in [0, 0.1) is 12.7 Å². The van der Waals surface area contributed by atoms with Crippen molar-refractivity contribution in [3.63, 3.8) is 0 Å². The summed E-state index contributed by atoms with van der Waals surface area (Å²) in [6.45, 7) is 1.77. The van der Waals surface area contributed by atoms with Crippen LogP contribution in [0.5, 0.6) is 0 Å². The normalized spacial score (nSPS) is 15.4. The van der Waals surface area contributed by atoms with Gasteiger partial charge in [0.25, 0.3) is 21.2 Å². The van der Waals surface area contributed by atoms with E-state index >= 15 is 0 Å². The number of aryl methyl sites for hydroxylation is 1. The van der Waals surface area contributed by atoms with Gasteiger partial charge in [0.1, 0.15) is 5.82 Å². The minimum atomic E-state index is -3.91. The lowest BCUT2D eigenvalue weighted by Crippen LogP contribution is -2.27. The molecule has 0 saturated carbocycles. The number of carbonyl (C=O) groups excluding carboxylic acids is 2. The molecule has 0 radical (unpaired) electrons. The molecule has 1 saturated heterocycles. The summed E-state index contributed by atoms with van der Waals surface area (Å²) >= 11 is 6.82. The average molecular weight is 541 g/mol. The minimum absolute atomic E-state index is 0.106. The number of para-hydroxylation sites is 1. The van der Waals surface area contributed by atoms with E-state index < -0.39 is 27.0 Å². The third-order valence-electron chi connectivity index (χ3n) is 5.79. The summed E-state index contributed by atoms with van der Waals surface area (Å²) in [6.07, 6.45) is 2.96. The smallest absolute Gasteiger partial charge is 0.268 e. The van der Waals surface area contributed by atoms with E-state index in [2.05, 4.69) is 0 Å². The number of amides is 2. The fourth-order valence-electron chi connectivity index (χ4n) is 3.91. The molecule has 1 fully saturated rings. The van der Waals surface area contributed by atoms with Crippen molar-refractivity contribution in [2.45, 2.75) is 18.4 Å². The molecule has 3 aromatic carbocycles. The monoisotopic (exact) mass is 540 g/mol. The number of hydrogen-bond acceptors (Lipinski definition) is 5. The van der Waals surface area contributed by atoms with Gasteiger partial charge in [-0.2, -0.15) is 0 Å². The molecule has 0 N–H and O–H groups in total. The zero-order valence-corrected chi connectivity index (χ0v) is 21.2. The van der Waals surface area contributed by atoms with Crippen molar-refractivity contribution in [2.24, 2.45) is 0 Å². The molecule has 4 aromatic rings. The fourth-order valence-corrected chi connectivity index (χ4v) is 6.34. The van der Waals surface area contributed by atoms with Crippen molar-refractivity contribution in [1.82, 2.24) is 8.87 Å². The lowest BCUT2D eigenvalue weighted by molar-refractivity contribution is -0.123. The highest BCUT2D eigenvalue weighted by Crippen LogP contribution is 2.36. The summed E-state index contributed by atoms with van der Waals surface area (Å²) < 4.78 is 41.4. The van der Waals surface area contributed by atoms with Crippen LogP contribution in [0.2, 0.25) is 5.02 Å². The molecule has 2 amide bonds. The van der Waals surface area contributed by atoms with E-state index in [9.17, 15) is 22.4 Å². The highest BCUT2D eigenvalue weighted by molar-refractivity contribution is 8.18. The Kier molecular flexibility index (Phi) is 6.23. The number of carbonyl (C=O) groups is 2. The Morgan fingerprint density at radius 1 is 1.03 bits per heavy atom. The highest BCUT2D eigenvalue weighted by Gasteiger charge is 2.35. The molecule has 1 aromatic heterocycles. The molecule has 5 rings (SSSR count). The number of thioether (sulfide) groups is 1. The van der Waals surface area contributed by atoms with Gasteiger partial charge in [0.2, 0.25) is 0 Å². The number of imide groups is 1. The van der Waals surface area contributed by atoms with Crippen molar-refractivity contribution in [2.75, 3.05) is 0 Å². The second kappa shape index (κ2) is 9.24. The van der Waals surface area contributed by atoms with Crippen molar-refractivity contribution in [1.29, 1.82) is 0 Å². The first-order chi connectivity index (χ1) is 17.1. The Balaban J connectivity index is 1.53. The topological polar surface area (TPSA) is 76.5 Å². The van der Waals surface area contributed by atoms with Crippen LogP contribution in [-0.2, 0) is 21.4 Å². The molecule has 0 unspecified atom stereocenters. The Morgan fingerprint density at radius 2 is 1.75 bits per heavy atom. The first-order valence-corrected chi connectivity index (χ1v) is 13.4. The van der Waals surface area contributed by atoms with Crippen LogP contribution in [0.4, 0.5) is 9.18 Å². The second-order valence-electron chi connectivity index (χ2n) is 8.22. The lowest BCUT2D eigenvalue weighted by Gasteiger charge is -2.13. The maximum absolute atomic E-state index is 13.4. The predicted octanol–water partition coefficient (Wildman–Crippen LogP) is 6.22. The average Bonchev–Trinajstić information content (AvgIpc) is 3.34. The molecule has 0 atom stereocenters. The number of nitrogens with zero attached hydrogens (tertiary/aromatic N) is 2. The summed E-state index contributed by atoms with van der Waals surface area (Å²) in [5, 5.41) is 0.228. The van der Waals surface area contributed by atoms with Gasteiger partial charge in [-0.3, -0.25) is 14.5 Å². The third kappa shape index (κ3) is 4.34. The Hall–Kier alpha value is -3.40. The molecule has 1 aliphatic heterocycles. The third-order valence-corrected chi connectivity index (χ3v) is 8.74. The van der Waals surface area contributed by atoms with E-state index in [1.807, 2.05) is 6.92 Å². The number of rotatable bonds is 5. The standard InChI is InChI=1S/C26H18ClFN2O4S2/c1-16-6-10-20(11-7-16)36(33,34)30-15-18(21-4-2-3-5-23(21)30)12-24-25(31)29(26(32)35-24)14-17-8-9-19(28)13-22(17)27/h2-13,15H,14H2,1H3/b24-12-. The van der Waals surface area contributed by atoms with Crippen LogP contribution in [0.3, 0.4) is 0 Å². The summed E-state index contributed by atoms with van der Waals surface area (Å²) in [6, 6.07) is 17.2. The van der Waals surface area contributed by atoms with Gasteiger partial charge in [-0.1, -0.05) is 53.6 Å². The zero-order valence-electron chi connectivity index (χ0n) is 18.8. The first kappa shape index (κ1) is 24.3. The van der Waals surface area contributed by atoms with Gasteiger partial charge in [-0.05, 0) is 60.7 Å². The molecule has 0 spiro atoms. The van der Waals surface area contributed by atoms with Crippen molar-refractivity contribution in [3.8, 4) is 0 Å². The molecule has 2 heterocycles. The fraction of sp³-hybridized carbons (Fsp3) is 0.0769. The van der Waals surface area contributed by atoms with E-state index in [0.717, 1.165) is 28.3 Å².